The van der Waals surface area contributed by atoms with Crippen molar-refractivity contribution in [2.45, 2.75) is 56.6 Å². The zero-order chi connectivity index (χ0) is 16.7. The van der Waals surface area contributed by atoms with E-state index in [1.54, 1.807) is 0 Å². The number of aromatic nitrogens is 4. The lowest BCUT2D eigenvalue weighted by Crippen LogP contribution is -2.18. The van der Waals surface area contributed by atoms with Crippen molar-refractivity contribution in [1.82, 2.24) is 19.5 Å². The summed E-state index contributed by atoms with van der Waals surface area (Å²) < 4.78 is 21.4. The molecule has 0 spiro atoms. The van der Waals surface area contributed by atoms with Gasteiger partial charge in [-0.15, -0.1) is 0 Å². The molecule has 1 aliphatic carbocycles. The number of fused-ring (bicyclic) bond motifs is 1. The quantitative estimate of drug-likeness (QED) is 0.819. The Morgan fingerprint density at radius 3 is 2.88 bits per heavy atom. The summed E-state index contributed by atoms with van der Waals surface area (Å²) in [4.78, 5) is 12.8. The number of aliphatic hydroxyl groups is 1. The second kappa shape index (κ2) is 6.42. The topological polar surface area (TPSA) is 85.1 Å². The predicted octanol–water partition coefficient (Wildman–Crippen LogP) is 2.45. The Morgan fingerprint density at radius 1 is 1.38 bits per heavy atom. The van der Waals surface area contributed by atoms with Gasteiger partial charge in [-0.1, -0.05) is 12.8 Å². The van der Waals surface area contributed by atoms with E-state index in [4.69, 9.17) is 16.3 Å². The molecule has 1 aliphatic heterocycles. The van der Waals surface area contributed by atoms with Crippen LogP contribution < -0.4 is 5.32 Å². The van der Waals surface area contributed by atoms with Gasteiger partial charge < -0.3 is 15.2 Å². The predicted molar refractivity (Wildman–Crippen MR) is 86.7 cm³/mol. The van der Waals surface area contributed by atoms with Gasteiger partial charge in [0.05, 0.1) is 19.0 Å². The first-order valence-electron chi connectivity index (χ1n) is 8.22. The molecule has 0 radical (unpaired) electrons. The third kappa shape index (κ3) is 2.82. The van der Waals surface area contributed by atoms with E-state index in [2.05, 4.69) is 20.3 Å². The minimum atomic E-state index is -1.24. The fourth-order valence-electron chi connectivity index (χ4n) is 3.50. The lowest BCUT2D eigenvalue weighted by molar-refractivity contribution is -0.0351. The van der Waals surface area contributed by atoms with Crippen molar-refractivity contribution >= 4 is 28.6 Å². The van der Waals surface area contributed by atoms with Gasteiger partial charge in [-0.25, -0.2) is 9.37 Å². The summed E-state index contributed by atoms with van der Waals surface area (Å²) in [5.74, 6) is 0.572. The van der Waals surface area contributed by atoms with E-state index in [1.807, 2.05) is 0 Å². The van der Waals surface area contributed by atoms with Gasteiger partial charge in [0.2, 0.25) is 5.28 Å². The SMILES string of the molecule is OCC1CC(F)C(n2cnc3c(NC4CCCC4)nc(Cl)nc32)O1. The summed E-state index contributed by atoms with van der Waals surface area (Å²) in [5, 5.41) is 12.6. The minimum absolute atomic E-state index is 0.0804. The standard InChI is InChI=1S/C15H19ClFN5O2/c16-15-20-12(19-8-3-1-2-4-8)11-13(21-15)22(7-18-11)14-10(17)5-9(6-23)24-14/h7-10,14,23H,1-6H2,(H,19,20,21). The molecule has 2 fully saturated rings. The number of ether oxygens (including phenoxy) is 1. The summed E-state index contributed by atoms with van der Waals surface area (Å²) in [7, 11) is 0. The molecule has 4 rings (SSSR count). The van der Waals surface area contributed by atoms with Crippen molar-refractivity contribution in [3.05, 3.63) is 11.6 Å². The Balaban J connectivity index is 1.69. The van der Waals surface area contributed by atoms with Crippen LogP contribution in [0.4, 0.5) is 10.2 Å². The molecule has 2 aromatic heterocycles. The van der Waals surface area contributed by atoms with E-state index in [0.29, 0.717) is 23.0 Å². The smallest absolute Gasteiger partial charge is 0.226 e. The molecule has 0 bridgehead atoms. The molecule has 2 N–H and O–H groups in total. The number of alkyl halides is 1. The lowest BCUT2D eigenvalue weighted by atomic mass is 10.2. The van der Waals surface area contributed by atoms with Gasteiger partial charge in [0, 0.05) is 12.5 Å². The van der Waals surface area contributed by atoms with Gasteiger partial charge in [0.15, 0.2) is 23.2 Å². The number of nitrogens with zero attached hydrogens (tertiary/aromatic N) is 4. The Bertz CT molecular complexity index is 736. The van der Waals surface area contributed by atoms with Crippen molar-refractivity contribution in [2.75, 3.05) is 11.9 Å². The largest absolute Gasteiger partial charge is 0.394 e. The zero-order valence-corrected chi connectivity index (χ0v) is 13.8. The van der Waals surface area contributed by atoms with Crippen LogP contribution >= 0.6 is 11.6 Å². The number of nitrogens with one attached hydrogen (secondary N) is 1. The molecule has 24 heavy (non-hydrogen) atoms. The minimum Gasteiger partial charge on any atom is -0.394 e. The van der Waals surface area contributed by atoms with Crippen molar-refractivity contribution in [1.29, 1.82) is 0 Å². The summed E-state index contributed by atoms with van der Waals surface area (Å²) in [6.07, 6.45) is 3.57. The highest BCUT2D eigenvalue weighted by molar-refractivity contribution is 6.28. The first-order valence-corrected chi connectivity index (χ1v) is 8.60. The number of halogens is 2. The third-order valence-electron chi connectivity index (χ3n) is 4.70. The Kier molecular flexibility index (Phi) is 4.28. The van der Waals surface area contributed by atoms with Crippen LogP contribution in [0.5, 0.6) is 0 Å². The number of anilines is 1. The fraction of sp³-hybridized carbons (Fsp3) is 0.667. The maximum Gasteiger partial charge on any atom is 0.226 e. The molecule has 130 valence electrons. The van der Waals surface area contributed by atoms with Crippen LogP contribution in [0, 0.1) is 0 Å². The molecule has 2 aromatic rings. The van der Waals surface area contributed by atoms with E-state index in [0.717, 1.165) is 12.8 Å². The molecule has 2 aliphatic rings. The summed E-state index contributed by atoms with van der Waals surface area (Å²) in [5.41, 5.74) is 0.983. The Labute approximate surface area is 143 Å². The number of aliphatic hydroxyl groups excluding tert-OH is 1. The summed E-state index contributed by atoms with van der Waals surface area (Å²) >= 11 is 6.06. The number of imidazole rings is 1. The van der Waals surface area contributed by atoms with Gasteiger partial charge in [0.1, 0.15) is 6.17 Å². The van der Waals surface area contributed by atoms with Crippen LogP contribution in [0.15, 0.2) is 6.33 Å². The molecular formula is C15H19ClFN5O2. The average Bonchev–Trinajstić information content (AvgIpc) is 3.27. The summed E-state index contributed by atoms with van der Waals surface area (Å²) in [6.45, 7) is -0.215. The molecule has 3 atom stereocenters. The van der Waals surface area contributed by atoms with Crippen molar-refractivity contribution in [2.24, 2.45) is 0 Å². The average molecular weight is 356 g/mol. The molecule has 3 unspecified atom stereocenters. The van der Waals surface area contributed by atoms with Gasteiger partial charge in [0.25, 0.3) is 0 Å². The van der Waals surface area contributed by atoms with Crippen LogP contribution in [-0.4, -0.2) is 49.5 Å². The van der Waals surface area contributed by atoms with Crippen LogP contribution in [0.3, 0.4) is 0 Å². The normalized spacial score (nSPS) is 28.0. The van der Waals surface area contributed by atoms with E-state index < -0.39 is 18.5 Å². The molecule has 7 nitrogen and oxygen atoms in total. The molecule has 0 aromatic carbocycles. The highest BCUT2D eigenvalue weighted by Crippen LogP contribution is 2.34. The highest BCUT2D eigenvalue weighted by atomic mass is 35.5. The number of hydrogen-bond acceptors (Lipinski definition) is 6. The first-order chi connectivity index (χ1) is 11.7. The Morgan fingerprint density at radius 2 is 2.17 bits per heavy atom. The monoisotopic (exact) mass is 355 g/mol. The molecule has 0 amide bonds. The highest BCUT2D eigenvalue weighted by Gasteiger charge is 2.37. The number of hydrogen-bond donors (Lipinski definition) is 2. The van der Waals surface area contributed by atoms with E-state index >= 15 is 0 Å². The fourth-order valence-corrected chi connectivity index (χ4v) is 3.67. The van der Waals surface area contributed by atoms with Gasteiger partial charge >= 0.3 is 0 Å². The maximum absolute atomic E-state index is 14.3. The van der Waals surface area contributed by atoms with Crippen LogP contribution in [0.1, 0.15) is 38.3 Å². The second-order valence-electron chi connectivity index (χ2n) is 6.37. The van der Waals surface area contributed by atoms with Crippen molar-refractivity contribution < 1.29 is 14.2 Å². The molecular weight excluding hydrogens is 337 g/mol. The molecule has 9 heteroatoms. The summed E-state index contributed by atoms with van der Waals surface area (Å²) in [6, 6.07) is 0.347. The van der Waals surface area contributed by atoms with Gasteiger partial charge in [-0.05, 0) is 24.4 Å². The van der Waals surface area contributed by atoms with Crippen molar-refractivity contribution in [3.63, 3.8) is 0 Å². The van der Waals surface area contributed by atoms with Crippen molar-refractivity contribution in [3.8, 4) is 0 Å². The van der Waals surface area contributed by atoms with E-state index in [9.17, 15) is 9.50 Å². The second-order valence-corrected chi connectivity index (χ2v) is 6.71. The van der Waals surface area contributed by atoms with Gasteiger partial charge in [-0.2, -0.15) is 9.97 Å². The molecule has 3 heterocycles. The number of rotatable bonds is 4. The molecule has 1 saturated heterocycles. The first kappa shape index (κ1) is 16.0. The molecule has 1 saturated carbocycles. The van der Waals surface area contributed by atoms with E-state index in [1.165, 1.54) is 23.7 Å². The van der Waals surface area contributed by atoms with E-state index in [-0.39, 0.29) is 18.3 Å². The van der Waals surface area contributed by atoms with Crippen LogP contribution in [-0.2, 0) is 4.74 Å². The van der Waals surface area contributed by atoms with Crippen LogP contribution in [0.25, 0.3) is 11.2 Å². The third-order valence-corrected chi connectivity index (χ3v) is 4.87. The zero-order valence-electron chi connectivity index (χ0n) is 13.0. The van der Waals surface area contributed by atoms with Crippen LogP contribution in [0.2, 0.25) is 5.28 Å². The maximum atomic E-state index is 14.3. The van der Waals surface area contributed by atoms with Gasteiger partial charge in [-0.3, -0.25) is 4.57 Å². The Hall–Kier alpha value is -1.51. The lowest BCUT2D eigenvalue weighted by Gasteiger charge is -2.16.